The Bertz CT molecular complexity index is 785. The zero-order valence-corrected chi connectivity index (χ0v) is 16.3. The van der Waals surface area contributed by atoms with E-state index in [-0.39, 0.29) is 30.2 Å². The summed E-state index contributed by atoms with van der Waals surface area (Å²) in [6, 6.07) is 5.03. The smallest absolute Gasteiger partial charge is 0.273 e. The van der Waals surface area contributed by atoms with Gasteiger partial charge in [0, 0.05) is 38.2 Å². The lowest BCUT2D eigenvalue weighted by Crippen LogP contribution is -2.37. The molecule has 8 nitrogen and oxygen atoms in total. The Morgan fingerprint density at radius 3 is 2.93 bits per heavy atom. The largest absolute Gasteiger partial charge is 0.376 e. The van der Waals surface area contributed by atoms with Gasteiger partial charge in [0.15, 0.2) is 11.5 Å². The number of carbonyl (C=O) groups is 2. The Kier molecular flexibility index (Phi) is 6.76. The highest BCUT2D eigenvalue weighted by molar-refractivity contribution is 5.94. The molecule has 2 amide bonds. The summed E-state index contributed by atoms with van der Waals surface area (Å²) in [7, 11) is 0. The molecule has 1 aliphatic rings. The number of pyridine rings is 1. The Hall–Kier alpha value is -2.74. The Morgan fingerprint density at radius 1 is 1.39 bits per heavy atom. The van der Waals surface area contributed by atoms with Crippen molar-refractivity contribution in [2.45, 2.75) is 39.3 Å². The number of hydrogen-bond acceptors (Lipinski definition) is 6. The van der Waals surface area contributed by atoms with E-state index < -0.39 is 0 Å². The van der Waals surface area contributed by atoms with E-state index in [9.17, 15) is 9.59 Å². The van der Waals surface area contributed by atoms with Crippen molar-refractivity contribution in [1.29, 1.82) is 0 Å². The van der Waals surface area contributed by atoms with Crippen LogP contribution >= 0.6 is 0 Å². The van der Waals surface area contributed by atoms with Crippen LogP contribution in [0.25, 0.3) is 0 Å². The molecule has 0 aliphatic carbocycles. The minimum absolute atomic E-state index is 0.00245. The molecule has 3 rings (SSSR count). The zero-order chi connectivity index (χ0) is 19.9. The summed E-state index contributed by atoms with van der Waals surface area (Å²) >= 11 is 0. The molecule has 0 saturated carbocycles. The normalized spacial score (nSPS) is 16.3. The summed E-state index contributed by atoms with van der Waals surface area (Å²) in [5.74, 6) is 0.345. The molecule has 1 N–H and O–H groups in total. The predicted octanol–water partition coefficient (Wildman–Crippen LogP) is 2.28. The van der Waals surface area contributed by atoms with Gasteiger partial charge in [-0.25, -0.2) is 0 Å². The highest BCUT2D eigenvalue weighted by Crippen LogP contribution is 2.17. The van der Waals surface area contributed by atoms with Crippen LogP contribution in [0.5, 0.6) is 0 Å². The molecular formula is C20H26N4O4. The lowest BCUT2D eigenvalue weighted by molar-refractivity contribution is 0.0486. The molecule has 1 unspecified atom stereocenters. The third kappa shape index (κ3) is 5.39. The van der Waals surface area contributed by atoms with Gasteiger partial charge >= 0.3 is 0 Å². The van der Waals surface area contributed by atoms with E-state index in [1.165, 1.54) is 6.20 Å². The van der Waals surface area contributed by atoms with Crippen LogP contribution in [0.15, 0.2) is 35.1 Å². The number of nitrogens with zero attached hydrogens (tertiary/aromatic N) is 3. The van der Waals surface area contributed by atoms with Crippen molar-refractivity contribution in [1.82, 2.24) is 20.4 Å². The van der Waals surface area contributed by atoms with Crippen LogP contribution in [0.4, 0.5) is 0 Å². The average molecular weight is 386 g/mol. The molecule has 2 aromatic heterocycles. The maximum absolute atomic E-state index is 12.9. The molecule has 1 fully saturated rings. The predicted molar refractivity (Wildman–Crippen MR) is 102 cm³/mol. The van der Waals surface area contributed by atoms with Gasteiger partial charge in [0.2, 0.25) is 0 Å². The standard InChI is InChI=1S/C20H26N4O4/c1-14(2)10-22-19(25)18-9-17(28-23-18)13-24(12-16-6-4-8-27-16)20(26)15-5-3-7-21-11-15/h3,5,7,9,11,14,16H,4,6,8,10,12-13H2,1-2H3,(H,22,25). The topological polar surface area (TPSA) is 97.6 Å². The maximum Gasteiger partial charge on any atom is 0.273 e. The Labute approximate surface area is 164 Å². The lowest BCUT2D eigenvalue weighted by atomic mass is 10.2. The van der Waals surface area contributed by atoms with Crippen LogP contribution in [0.2, 0.25) is 0 Å². The van der Waals surface area contributed by atoms with Gasteiger partial charge in [0.1, 0.15) is 0 Å². The van der Waals surface area contributed by atoms with E-state index in [2.05, 4.69) is 15.5 Å². The lowest BCUT2D eigenvalue weighted by Gasteiger charge is -2.24. The van der Waals surface area contributed by atoms with E-state index in [0.717, 1.165) is 12.8 Å². The minimum atomic E-state index is -0.284. The first kappa shape index (κ1) is 20.0. The van der Waals surface area contributed by atoms with Crippen LogP contribution in [-0.2, 0) is 11.3 Å². The molecule has 3 heterocycles. The van der Waals surface area contributed by atoms with Gasteiger partial charge < -0.3 is 19.5 Å². The molecule has 1 atom stereocenters. The van der Waals surface area contributed by atoms with Crippen molar-refractivity contribution < 1.29 is 18.8 Å². The Morgan fingerprint density at radius 2 is 2.25 bits per heavy atom. The van der Waals surface area contributed by atoms with E-state index in [1.807, 2.05) is 13.8 Å². The quantitative estimate of drug-likeness (QED) is 0.747. The molecule has 2 aromatic rings. The molecule has 0 aromatic carbocycles. The fourth-order valence-electron chi connectivity index (χ4n) is 3.00. The van der Waals surface area contributed by atoms with Crippen LogP contribution in [-0.4, -0.2) is 52.7 Å². The monoisotopic (exact) mass is 386 g/mol. The van der Waals surface area contributed by atoms with Gasteiger partial charge in [-0.2, -0.15) is 0 Å². The number of hydrogen-bond donors (Lipinski definition) is 1. The van der Waals surface area contributed by atoms with Crippen molar-refractivity contribution in [3.05, 3.63) is 47.6 Å². The summed E-state index contributed by atoms with van der Waals surface area (Å²) in [4.78, 5) is 30.8. The second kappa shape index (κ2) is 9.45. The van der Waals surface area contributed by atoms with Gasteiger partial charge in [-0.3, -0.25) is 14.6 Å². The first-order valence-corrected chi connectivity index (χ1v) is 9.57. The highest BCUT2D eigenvalue weighted by atomic mass is 16.5. The van der Waals surface area contributed by atoms with Crippen molar-refractivity contribution in [2.24, 2.45) is 5.92 Å². The first-order chi connectivity index (χ1) is 13.5. The minimum Gasteiger partial charge on any atom is -0.376 e. The SMILES string of the molecule is CC(C)CNC(=O)c1cc(CN(CC2CCCO2)C(=O)c2cccnc2)on1. The van der Waals surface area contributed by atoms with Crippen LogP contribution in [0, 0.1) is 5.92 Å². The molecule has 1 saturated heterocycles. The number of amides is 2. The number of carbonyl (C=O) groups excluding carboxylic acids is 2. The van der Waals surface area contributed by atoms with E-state index in [1.54, 1.807) is 29.3 Å². The van der Waals surface area contributed by atoms with Crippen LogP contribution in [0.3, 0.4) is 0 Å². The Balaban J connectivity index is 1.70. The van der Waals surface area contributed by atoms with Crippen LogP contribution < -0.4 is 5.32 Å². The van der Waals surface area contributed by atoms with E-state index in [0.29, 0.717) is 36.9 Å². The first-order valence-electron chi connectivity index (χ1n) is 9.57. The summed E-state index contributed by atoms with van der Waals surface area (Å²) in [6.45, 7) is 5.96. The molecule has 8 heteroatoms. The van der Waals surface area contributed by atoms with Crippen molar-refractivity contribution in [3.63, 3.8) is 0 Å². The molecule has 0 spiro atoms. The second-order valence-electron chi connectivity index (χ2n) is 7.34. The van der Waals surface area contributed by atoms with Gasteiger partial charge in [-0.15, -0.1) is 0 Å². The molecule has 0 radical (unpaired) electrons. The second-order valence-corrected chi connectivity index (χ2v) is 7.34. The highest BCUT2D eigenvalue weighted by Gasteiger charge is 2.25. The molecule has 150 valence electrons. The third-order valence-corrected chi connectivity index (χ3v) is 4.45. The molecule has 28 heavy (non-hydrogen) atoms. The number of ether oxygens (including phenoxy) is 1. The third-order valence-electron chi connectivity index (χ3n) is 4.45. The summed E-state index contributed by atoms with van der Waals surface area (Å²) in [6.07, 6.45) is 5.06. The van der Waals surface area contributed by atoms with Gasteiger partial charge in [0.05, 0.1) is 18.2 Å². The van der Waals surface area contributed by atoms with Crippen molar-refractivity contribution in [2.75, 3.05) is 19.7 Å². The van der Waals surface area contributed by atoms with Crippen molar-refractivity contribution >= 4 is 11.8 Å². The number of aromatic nitrogens is 2. The van der Waals surface area contributed by atoms with Crippen molar-refractivity contribution in [3.8, 4) is 0 Å². The molecular weight excluding hydrogens is 360 g/mol. The average Bonchev–Trinajstić information content (AvgIpc) is 3.38. The molecule has 1 aliphatic heterocycles. The number of rotatable bonds is 8. The number of nitrogens with one attached hydrogen (secondary N) is 1. The summed E-state index contributed by atoms with van der Waals surface area (Å²) in [5.41, 5.74) is 0.705. The zero-order valence-electron chi connectivity index (χ0n) is 16.3. The fraction of sp³-hybridized carbons (Fsp3) is 0.500. The van der Waals surface area contributed by atoms with Gasteiger partial charge in [-0.1, -0.05) is 19.0 Å². The van der Waals surface area contributed by atoms with E-state index in [4.69, 9.17) is 9.26 Å². The summed E-state index contributed by atoms with van der Waals surface area (Å²) in [5, 5.41) is 6.64. The van der Waals surface area contributed by atoms with Crippen LogP contribution in [0.1, 0.15) is 53.3 Å². The fourth-order valence-corrected chi connectivity index (χ4v) is 3.00. The summed E-state index contributed by atoms with van der Waals surface area (Å²) < 4.78 is 11.0. The van der Waals surface area contributed by atoms with Gasteiger partial charge in [-0.05, 0) is 30.9 Å². The van der Waals surface area contributed by atoms with Gasteiger partial charge in [0.25, 0.3) is 11.8 Å². The maximum atomic E-state index is 12.9. The molecule has 0 bridgehead atoms. The van der Waals surface area contributed by atoms with E-state index >= 15 is 0 Å².